The normalized spacial score (nSPS) is 26.4. The molecule has 1 saturated carbocycles. The summed E-state index contributed by atoms with van der Waals surface area (Å²) in [6.45, 7) is 2.03. The van der Waals surface area contributed by atoms with Crippen LogP contribution in [0.5, 0.6) is 0 Å². The summed E-state index contributed by atoms with van der Waals surface area (Å²) in [6.07, 6.45) is 6.35. The molecule has 0 bridgehead atoms. The first-order valence-corrected chi connectivity index (χ1v) is 5.80. The van der Waals surface area contributed by atoms with Gasteiger partial charge in [-0.25, -0.2) is 0 Å². The SMILES string of the molecule is CCC1([PH](=O)O)CCCCC1. The highest BCUT2D eigenvalue weighted by molar-refractivity contribution is 7.40. The van der Waals surface area contributed by atoms with Gasteiger partial charge in [0.05, 0.1) is 0 Å². The predicted octanol–water partition coefficient (Wildman–Crippen LogP) is 2.57. The van der Waals surface area contributed by atoms with Crippen molar-refractivity contribution >= 4 is 8.03 Å². The van der Waals surface area contributed by atoms with Gasteiger partial charge in [-0.05, 0) is 19.3 Å². The second-order valence-corrected chi connectivity index (χ2v) is 5.17. The molecule has 3 heteroatoms. The molecule has 0 aromatic carbocycles. The lowest BCUT2D eigenvalue weighted by molar-refractivity contribution is 0.342. The minimum Gasteiger partial charge on any atom is -0.346 e. The van der Waals surface area contributed by atoms with Gasteiger partial charge in [0.15, 0.2) is 8.03 Å². The molecular formula is C8H17O2P. The molecule has 1 rings (SSSR count). The van der Waals surface area contributed by atoms with E-state index in [0.29, 0.717) is 0 Å². The van der Waals surface area contributed by atoms with E-state index in [4.69, 9.17) is 0 Å². The molecule has 1 aliphatic rings. The van der Waals surface area contributed by atoms with Crippen molar-refractivity contribution in [1.82, 2.24) is 0 Å². The Balaban J connectivity index is 2.64. The van der Waals surface area contributed by atoms with E-state index in [9.17, 15) is 9.46 Å². The Morgan fingerprint density at radius 2 is 1.91 bits per heavy atom. The highest BCUT2D eigenvalue weighted by atomic mass is 31.1. The van der Waals surface area contributed by atoms with E-state index in [0.717, 1.165) is 32.1 Å². The van der Waals surface area contributed by atoms with Crippen LogP contribution in [0.15, 0.2) is 0 Å². The van der Waals surface area contributed by atoms with Crippen LogP contribution in [0.1, 0.15) is 45.4 Å². The van der Waals surface area contributed by atoms with Gasteiger partial charge < -0.3 is 4.89 Å². The van der Waals surface area contributed by atoms with Crippen molar-refractivity contribution in [2.45, 2.75) is 50.6 Å². The lowest BCUT2D eigenvalue weighted by Gasteiger charge is -2.33. The summed E-state index contributed by atoms with van der Waals surface area (Å²) in [5.41, 5.74) is 0. The van der Waals surface area contributed by atoms with E-state index in [-0.39, 0.29) is 5.16 Å². The second-order valence-electron chi connectivity index (χ2n) is 3.50. The first-order chi connectivity index (χ1) is 5.21. The zero-order valence-electron chi connectivity index (χ0n) is 7.10. The maximum atomic E-state index is 11.1. The summed E-state index contributed by atoms with van der Waals surface area (Å²) < 4.78 is 11.1. The molecular weight excluding hydrogens is 159 g/mol. The van der Waals surface area contributed by atoms with Crippen LogP contribution in [0.2, 0.25) is 0 Å². The zero-order chi connectivity index (χ0) is 8.32. The van der Waals surface area contributed by atoms with Crippen molar-refractivity contribution in [3.05, 3.63) is 0 Å². The maximum absolute atomic E-state index is 11.1. The van der Waals surface area contributed by atoms with Crippen LogP contribution in [0.4, 0.5) is 0 Å². The van der Waals surface area contributed by atoms with Gasteiger partial charge in [-0.15, -0.1) is 0 Å². The van der Waals surface area contributed by atoms with Crippen LogP contribution in [0.25, 0.3) is 0 Å². The molecule has 11 heavy (non-hydrogen) atoms. The van der Waals surface area contributed by atoms with Crippen LogP contribution < -0.4 is 0 Å². The lowest BCUT2D eigenvalue weighted by Crippen LogP contribution is -2.26. The molecule has 0 aromatic rings. The molecule has 0 amide bonds. The van der Waals surface area contributed by atoms with Crippen molar-refractivity contribution in [1.29, 1.82) is 0 Å². The quantitative estimate of drug-likeness (QED) is 0.656. The van der Waals surface area contributed by atoms with Gasteiger partial charge in [0.25, 0.3) is 0 Å². The zero-order valence-corrected chi connectivity index (χ0v) is 8.10. The van der Waals surface area contributed by atoms with Crippen molar-refractivity contribution in [2.24, 2.45) is 0 Å². The van der Waals surface area contributed by atoms with E-state index >= 15 is 0 Å². The number of hydrogen-bond acceptors (Lipinski definition) is 1. The monoisotopic (exact) mass is 176 g/mol. The summed E-state index contributed by atoms with van der Waals surface area (Å²) in [7, 11) is -2.30. The number of hydrogen-bond donors (Lipinski definition) is 1. The van der Waals surface area contributed by atoms with Gasteiger partial charge in [0.2, 0.25) is 0 Å². The third kappa shape index (κ3) is 1.86. The third-order valence-electron chi connectivity index (χ3n) is 2.94. The van der Waals surface area contributed by atoms with E-state index in [1.54, 1.807) is 0 Å². The molecule has 1 unspecified atom stereocenters. The molecule has 0 saturated heterocycles. The molecule has 0 heterocycles. The summed E-state index contributed by atoms with van der Waals surface area (Å²) in [4.78, 5) is 9.17. The third-order valence-corrected chi connectivity index (χ3v) is 4.70. The van der Waals surface area contributed by atoms with Crippen LogP contribution in [-0.4, -0.2) is 10.0 Å². The van der Waals surface area contributed by atoms with Crippen LogP contribution >= 0.6 is 8.03 Å². The first-order valence-electron chi connectivity index (χ1n) is 4.45. The van der Waals surface area contributed by atoms with E-state index in [2.05, 4.69) is 0 Å². The van der Waals surface area contributed by atoms with Crippen molar-refractivity contribution in [2.75, 3.05) is 0 Å². The average Bonchev–Trinajstić information content (AvgIpc) is 2.05. The van der Waals surface area contributed by atoms with Gasteiger partial charge in [0.1, 0.15) is 0 Å². The predicted molar refractivity (Wildman–Crippen MR) is 47.3 cm³/mol. The van der Waals surface area contributed by atoms with Crippen LogP contribution in [0.3, 0.4) is 0 Å². The van der Waals surface area contributed by atoms with Gasteiger partial charge in [-0.2, -0.15) is 0 Å². The van der Waals surface area contributed by atoms with E-state index in [1.165, 1.54) is 6.42 Å². The van der Waals surface area contributed by atoms with E-state index < -0.39 is 8.03 Å². The highest BCUT2D eigenvalue weighted by Crippen LogP contribution is 2.48. The fraction of sp³-hybridized carbons (Fsp3) is 1.00. The van der Waals surface area contributed by atoms with Crippen molar-refractivity contribution in [3.63, 3.8) is 0 Å². The maximum Gasteiger partial charge on any atom is 0.195 e. The minimum absolute atomic E-state index is 0.178. The molecule has 1 N–H and O–H groups in total. The molecule has 1 fully saturated rings. The Hall–Kier alpha value is 0.190. The van der Waals surface area contributed by atoms with Crippen molar-refractivity contribution in [3.8, 4) is 0 Å². The van der Waals surface area contributed by atoms with Gasteiger partial charge in [-0.1, -0.05) is 26.2 Å². The van der Waals surface area contributed by atoms with Gasteiger partial charge in [0, 0.05) is 5.16 Å². The Morgan fingerprint density at radius 1 is 1.36 bits per heavy atom. The molecule has 0 spiro atoms. The minimum atomic E-state index is -2.30. The lowest BCUT2D eigenvalue weighted by atomic mass is 9.86. The van der Waals surface area contributed by atoms with E-state index in [1.807, 2.05) is 6.92 Å². The smallest absolute Gasteiger partial charge is 0.195 e. The molecule has 66 valence electrons. The molecule has 1 aliphatic carbocycles. The Labute approximate surface area is 68.9 Å². The fourth-order valence-corrected chi connectivity index (χ4v) is 3.03. The first kappa shape index (κ1) is 9.28. The van der Waals surface area contributed by atoms with Crippen molar-refractivity contribution < 1.29 is 9.46 Å². The Kier molecular flexibility index (Phi) is 3.15. The largest absolute Gasteiger partial charge is 0.346 e. The molecule has 2 nitrogen and oxygen atoms in total. The van der Waals surface area contributed by atoms with Crippen LogP contribution in [-0.2, 0) is 4.57 Å². The summed E-state index contributed by atoms with van der Waals surface area (Å²) >= 11 is 0. The average molecular weight is 176 g/mol. The standard InChI is InChI=1S/C8H17O2P/c1-2-8(11(9)10)6-4-3-5-7-8/h11H,2-7H2,1H3,(H,9,10). The molecule has 0 aliphatic heterocycles. The fourth-order valence-electron chi connectivity index (χ4n) is 1.95. The van der Waals surface area contributed by atoms with Gasteiger partial charge in [-0.3, -0.25) is 4.57 Å². The molecule has 0 radical (unpaired) electrons. The Bertz CT molecular complexity index is 150. The summed E-state index contributed by atoms with van der Waals surface area (Å²) in [5, 5.41) is -0.178. The second kappa shape index (κ2) is 3.73. The molecule has 0 aromatic heterocycles. The van der Waals surface area contributed by atoms with Crippen LogP contribution in [0, 0.1) is 0 Å². The Morgan fingerprint density at radius 3 is 2.18 bits per heavy atom. The summed E-state index contributed by atoms with van der Waals surface area (Å²) in [5.74, 6) is 0. The topological polar surface area (TPSA) is 37.3 Å². The molecule has 1 atom stereocenters. The summed E-state index contributed by atoms with van der Waals surface area (Å²) in [6, 6.07) is 0. The van der Waals surface area contributed by atoms with Gasteiger partial charge >= 0.3 is 0 Å². The number of rotatable bonds is 2. The highest BCUT2D eigenvalue weighted by Gasteiger charge is 2.34.